The molecule has 6 rings (SSSR count). The lowest BCUT2D eigenvalue weighted by atomic mass is 9.90. The Morgan fingerprint density at radius 1 is 0.939 bits per heavy atom. The maximum Gasteiger partial charge on any atom is 0.411 e. The van der Waals surface area contributed by atoms with Crippen molar-refractivity contribution in [3.63, 3.8) is 0 Å². The highest BCUT2D eigenvalue weighted by Crippen LogP contribution is 2.44. The summed E-state index contributed by atoms with van der Waals surface area (Å²) in [4.78, 5) is 13.1. The van der Waals surface area contributed by atoms with Crippen molar-refractivity contribution in [2.45, 2.75) is 18.8 Å². The number of aryl methyl sites for hydroxylation is 1. The van der Waals surface area contributed by atoms with E-state index >= 15 is 0 Å². The Hall–Kier alpha value is -3.85. The van der Waals surface area contributed by atoms with Crippen molar-refractivity contribution in [3.8, 4) is 11.1 Å². The highest BCUT2D eigenvalue weighted by atomic mass is 16.5. The number of allylic oxidation sites excluding steroid dienone is 5. The Balaban J connectivity index is 1.27. The first-order valence-corrected chi connectivity index (χ1v) is 11.5. The third kappa shape index (κ3) is 3.50. The van der Waals surface area contributed by atoms with Crippen molar-refractivity contribution in [3.05, 3.63) is 125 Å². The Morgan fingerprint density at radius 3 is 2.45 bits per heavy atom. The molecular formula is C30H24NO2. The molecule has 33 heavy (non-hydrogen) atoms. The lowest BCUT2D eigenvalue weighted by Gasteiger charge is -2.20. The van der Waals surface area contributed by atoms with Gasteiger partial charge in [0.05, 0.1) is 5.70 Å². The maximum absolute atomic E-state index is 13.1. The van der Waals surface area contributed by atoms with Gasteiger partial charge in [0, 0.05) is 17.4 Å². The molecule has 0 spiro atoms. The van der Waals surface area contributed by atoms with Crippen LogP contribution in [0.3, 0.4) is 0 Å². The van der Waals surface area contributed by atoms with Crippen molar-refractivity contribution in [1.29, 1.82) is 0 Å². The summed E-state index contributed by atoms with van der Waals surface area (Å²) < 4.78 is 5.84. The largest absolute Gasteiger partial charge is 0.448 e. The van der Waals surface area contributed by atoms with Gasteiger partial charge in [-0.1, -0.05) is 91.0 Å². The predicted molar refractivity (Wildman–Crippen MR) is 130 cm³/mol. The van der Waals surface area contributed by atoms with Crippen molar-refractivity contribution < 1.29 is 9.53 Å². The van der Waals surface area contributed by atoms with Crippen LogP contribution in [0.4, 0.5) is 4.79 Å². The van der Waals surface area contributed by atoms with E-state index in [9.17, 15) is 4.79 Å². The normalized spacial score (nSPS) is 18.1. The average Bonchev–Trinajstić information content (AvgIpc) is 3.10. The van der Waals surface area contributed by atoms with Crippen LogP contribution in [-0.4, -0.2) is 12.7 Å². The number of amides is 1. The van der Waals surface area contributed by atoms with Gasteiger partial charge in [-0.2, -0.15) is 0 Å². The third-order valence-corrected chi connectivity index (χ3v) is 6.91. The molecule has 0 saturated carbocycles. The van der Waals surface area contributed by atoms with Crippen LogP contribution in [0.5, 0.6) is 0 Å². The molecule has 1 radical (unpaired) electrons. The summed E-state index contributed by atoms with van der Waals surface area (Å²) in [6, 6.07) is 26.1. The maximum atomic E-state index is 13.1. The Morgan fingerprint density at radius 2 is 1.67 bits per heavy atom. The number of alkyl carbamates (subject to hydrolysis) is 1. The second-order valence-corrected chi connectivity index (χ2v) is 8.73. The number of hydrogen-bond donors (Lipinski definition) is 1. The van der Waals surface area contributed by atoms with Gasteiger partial charge >= 0.3 is 6.09 Å². The molecule has 3 heteroatoms. The monoisotopic (exact) mass is 430 g/mol. The molecule has 0 fully saturated rings. The van der Waals surface area contributed by atoms with Gasteiger partial charge in [-0.15, -0.1) is 0 Å². The topological polar surface area (TPSA) is 38.3 Å². The van der Waals surface area contributed by atoms with Gasteiger partial charge in [-0.25, -0.2) is 4.79 Å². The zero-order valence-corrected chi connectivity index (χ0v) is 18.3. The summed E-state index contributed by atoms with van der Waals surface area (Å²) in [5.74, 6) is 0.320. The fourth-order valence-electron chi connectivity index (χ4n) is 5.35. The molecule has 161 valence electrons. The van der Waals surface area contributed by atoms with Crippen LogP contribution in [0.1, 0.15) is 34.6 Å². The lowest BCUT2D eigenvalue weighted by molar-refractivity contribution is 0.147. The highest BCUT2D eigenvalue weighted by Gasteiger charge is 2.30. The molecule has 0 aromatic heterocycles. The summed E-state index contributed by atoms with van der Waals surface area (Å²) in [6.07, 6.45) is 9.93. The summed E-state index contributed by atoms with van der Waals surface area (Å²) in [5.41, 5.74) is 9.00. The number of ether oxygens (including phenoxy) is 1. The lowest BCUT2D eigenvalue weighted by Crippen LogP contribution is -2.26. The van der Waals surface area contributed by atoms with Crippen LogP contribution in [0.25, 0.3) is 16.8 Å². The summed E-state index contributed by atoms with van der Waals surface area (Å²) in [7, 11) is 0. The van der Waals surface area contributed by atoms with Crippen molar-refractivity contribution >= 4 is 11.8 Å². The van der Waals surface area contributed by atoms with E-state index in [1.807, 2.05) is 30.3 Å². The molecule has 3 aliphatic carbocycles. The minimum Gasteiger partial charge on any atom is -0.448 e. The number of nitrogens with one attached hydrogen (secondary N) is 1. The number of fused-ring (bicyclic) bond motifs is 5. The Kier molecular flexibility index (Phi) is 4.95. The average molecular weight is 431 g/mol. The van der Waals surface area contributed by atoms with Gasteiger partial charge in [-0.3, -0.25) is 5.32 Å². The highest BCUT2D eigenvalue weighted by molar-refractivity contribution is 5.86. The zero-order valence-electron chi connectivity index (χ0n) is 18.3. The summed E-state index contributed by atoms with van der Waals surface area (Å²) >= 11 is 0. The Labute approximate surface area is 194 Å². The van der Waals surface area contributed by atoms with Crippen LogP contribution in [-0.2, 0) is 11.2 Å². The quantitative estimate of drug-likeness (QED) is 0.520. The van der Waals surface area contributed by atoms with E-state index in [1.165, 1.54) is 22.3 Å². The first kappa shape index (κ1) is 19.8. The predicted octanol–water partition coefficient (Wildman–Crippen LogP) is 6.42. The second-order valence-electron chi connectivity index (χ2n) is 8.73. The number of benzene rings is 3. The molecule has 1 N–H and O–H groups in total. The SMILES string of the molecule is O=C(NC1=C2C=CC=CC2CCc2[c]cccc21)OCC1c2ccccc2-c2ccccc21. The van der Waals surface area contributed by atoms with E-state index in [-0.39, 0.29) is 11.8 Å². The molecule has 3 aromatic carbocycles. The van der Waals surface area contributed by atoms with Crippen LogP contribution in [0.2, 0.25) is 0 Å². The van der Waals surface area contributed by atoms with Gasteiger partial charge in [0.15, 0.2) is 0 Å². The molecule has 3 nitrogen and oxygen atoms in total. The molecule has 3 aromatic rings. The molecule has 0 heterocycles. The number of rotatable bonds is 3. The van der Waals surface area contributed by atoms with Gasteiger partial charge in [-0.05, 0) is 52.3 Å². The Bertz CT molecular complexity index is 1280. The molecular weight excluding hydrogens is 406 g/mol. The van der Waals surface area contributed by atoms with E-state index in [1.54, 1.807) is 0 Å². The minimum atomic E-state index is -0.419. The van der Waals surface area contributed by atoms with Gasteiger partial charge in [0.2, 0.25) is 0 Å². The van der Waals surface area contributed by atoms with Gasteiger partial charge < -0.3 is 4.74 Å². The van der Waals surface area contributed by atoms with E-state index in [4.69, 9.17) is 4.74 Å². The van der Waals surface area contributed by atoms with Crippen molar-refractivity contribution in [2.24, 2.45) is 5.92 Å². The number of carbonyl (C=O) groups is 1. The summed E-state index contributed by atoms with van der Waals surface area (Å²) in [5, 5.41) is 3.10. The van der Waals surface area contributed by atoms with E-state index in [2.05, 4.69) is 72.1 Å². The minimum absolute atomic E-state index is 0.0424. The van der Waals surface area contributed by atoms with E-state index in [0.29, 0.717) is 6.61 Å². The smallest absolute Gasteiger partial charge is 0.411 e. The standard InChI is InChI=1S/C30H24NO2/c32-30(33-19-28-26-15-7-5-13-24(26)25-14-6-8-16-27(25)28)31-29-22-11-3-1-9-20(22)17-18-21-10-2-4-12-23(21)29/h1-9,11-16,20,28H,17-19H2,(H,31,32). The fraction of sp³-hybridized carbons (Fsp3) is 0.167. The molecule has 0 saturated heterocycles. The molecule has 3 aliphatic rings. The second kappa shape index (κ2) is 8.25. The van der Waals surface area contributed by atoms with E-state index < -0.39 is 6.09 Å². The van der Waals surface area contributed by atoms with Crippen LogP contribution in [0, 0.1) is 12.0 Å². The summed E-state index contributed by atoms with van der Waals surface area (Å²) in [6.45, 7) is 0.301. The number of hydrogen-bond acceptors (Lipinski definition) is 2. The van der Waals surface area contributed by atoms with Gasteiger partial charge in [0.1, 0.15) is 6.61 Å². The molecule has 1 atom stereocenters. The fourth-order valence-corrected chi connectivity index (χ4v) is 5.35. The van der Waals surface area contributed by atoms with Gasteiger partial charge in [0.25, 0.3) is 0 Å². The molecule has 1 amide bonds. The van der Waals surface area contributed by atoms with Crippen LogP contribution in [0.15, 0.2) is 96.6 Å². The molecule has 1 unspecified atom stereocenters. The third-order valence-electron chi connectivity index (χ3n) is 6.91. The van der Waals surface area contributed by atoms with Crippen LogP contribution < -0.4 is 5.32 Å². The first-order valence-electron chi connectivity index (χ1n) is 11.5. The first-order chi connectivity index (χ1) is 16.3. The van der Waals surface area contributed by atoms with Crippen molar-refractivity contribution in [1.82, 2.24) is 5.32 Å². The van der Waals surface area contributed by atoms with Crippen molar-refractivity contribution in [2.75, 3.05) is 6.61 Å². The number of carbonyl (C=O) groups excluding carboxylic acids is 1. The molecule has 0 bridgehead atoms. The van der Waals surface area contributed by atoms with Crippen LogP contribution >= 0.6 is 0 Å². The zero-order chi connectivity index (χ0) is 22.2. The van der Waals surface area contributed by atoms with E-state index in [0.717, 1.165) is 35.2 Å². The molecule has 0 aliphatic heterocycles.